The number of hydrogen-bond donors (Lipinski definition) is 2. The average Bonchev–Trinajstić information content (AvgIpc) is 2.27. The lowest BCUT2D eigenvalue weighted by Gasteiger charge is -2.22. The molecule has 4 nitrogen and oxygen atoms in total. The zero-order valence-electron chi connectivity index (χ0n) is 9.90. The highest BCUT2D eigenvalue weighted by Crippen LogP contribution is 2.17. The lowest BCUT2D eigenvalue weighted by molar-refractivity contribution is 0.376. The molecular weight excluding hydrogens is 304 g/mol. The van der Waals surface area contributed by atoms with Gasteiger partial charge in [0.1, 0.15) is 0 Å². The lowest BCUT2D eigenvalue weighted by Crippen LogP contribution is -2.38. The normalized spacial score (nSPS) is 12.7. The molecule has 0 atom stereocenters. The Hall–Kier alpha value is -0.430. The van der Waals surface area contributed by atoms with E-state index in [4.69, 9.17) is 5.73 Å². The molecule has 1 aromatic rings. The van der Waals surface area contributed by atoms with Gasteiger partial charge in [-0.25, -0.2) is 13.1 Å². The molecule has 0 unspecified atom stereocenters. The maximum atomic E-state index is 12.0. The molecule has 6 heteroatoms. The first-order valence-corrected chi connectivity index (χ1v) is 7.50. The van der Waals surface area contributed by atoms with Crippen LogP contribution in [0, 0.1) is 5.41 Å². The number of rotatable bonds is 5. The second-order valence-electron chi connectivity index (χ2n) is 4.65. The molecule has 1 rings (SSSR count). The number of benzene rings is 1. The molecule has 3 N–H and O–H groups in total. The number of sulfonamides is 1. The zero-order valence-corrected chi connectivity index (χ0v) is 12.3. The Balaban J connectivity index is 2.83. The van der Waals surface area contributed by atoms with E-state index in [2.05, 4.69) is 20.7 Å². The van der Waals surface area contributed by atoms with Gasteiger partial charge in [0.05, 0.1) is 4.90 Å². The molecule has 17 heavy (non-hydrogen) atoms. The van der Waals surface area contributed by atoms with E-state index in [0.29, 0.717) is 13.1 Å². The maximum absolute atomic E-state index is 12.0. The van der Waals surface area contributed by atoms with Gasteiger partial charge in [-0.2, -0.15) is 0 Å². The van der Waals surface area contributed by atoms with Gasteiger partial charge in [0.15, 0.2) is 0 Å². The molecule has 0 aliphatic rings. The molecule has 0 fully saturated rings. The smallest absolute Gasteiger partial charge is 0.240 e. The zero-order chi connectivity index (χ0) is 13.1. The van der Waals surface area contributed by atoms with Crippen LogP contribution in [0.4, 0.5) is 0 Å². The minimum atomic E-state index is -3.46. The highest BCUT2D eigenvalue weighted by molar-refractivity contribution is 9.10. The van der Waals surface area contributed by atoms with Crippen LogP contribution in [-0.2, 0) is 10.0 Å². The van der Waals surface area contributed by atoms with Crippen LogP contribution >= 0.6 is 15.9 Å². The van der Waals surface area contributed by atoms with E-state index < -0.39 is 10.0 Å². The molecule has 0 amide bonds. The van der Waals surface area contributed by atoms with E-state index in [9.17, 15) is 8.42 Å². The van der Waals surface area contributed by atoms with Gasteiger partial charge < -0.3 is 5.73 Å². The first-order valence-electron chi connectivity index (χ1n) is 5.22. The minimum absolute atomic E-state index is 0.250. The summed E-state index contributed by atoms with van der Waals surface area (Å²) in [6.07, 6.45) is 0. The molecule has 0 heterocycles. The van der Waals surface area contributed by atoms with E-state index in [1.807, 2.05) is 13.8 Å². The van der Waals surface area contributed by atoms with Crippen molar-refractivity contribution in [3.8, 4) is 0 Å². The fourth-order valence-corrected chi connectivity index (χ4v) is 2.92. The predicted molar refractivity (Wildman–Crippen MR) is 72.2 cm³/mol. The van der Waals surface area contributed by atoms with Crippen molar-refractivity contribution in [3.63, 3.8) is 0 Å². The highest BCUT2D eigenvalue weighted by atomic mass is 79.9. The molecule has 0 bridgehead atoms. The van der Waals surface area contributed by atoms with Crippen LogP contribution in [0.25, 0.3) is 0 Å². The summed E-state index contributed by atoms with van der Waals surface area (Å²) in [6.45, 7) is 4.57. The summed E-state index contributed by atoms with van der Waals surface area (Å²) in [7, 11) is -3.46. The van der Waals surface area contributed by atoms with Crippen molar-refractivity contribution in [1.82, 2.24) is 4.72 Å². The van der Waals surface area contributed by atoms with Gasteiger partial charge in [-0.3, -0.25) is 0 Å². The Kier molecular flexibility index (Phi) is 4.71. The second kappa shape index (κ2) is 5.48. The van der Waals surface area contributed by atoms with Gasteiger partial charge in [0, 0.05) is 11.0 Å². The predicted octanol–water partition coefficient (Wildman–Crippen LogP) is 1.71. The number of halogens is 1. The van der Waals surface area contributed by atoms with Crippen LogP contribution < -0.4 is 10.5 Å². The third-order valence-corrected chi connectivity index (χ3v) is 4.29. The van der Waals surface area contributed by atoms with Gasteiger partial charge in [-0.05, 0) is 30.2 Å². The van der Waals surface area contributed by atoms with Gasteiger partial charge in [0.25, 0.3) is 0 Å². The molecule has 1 aromatic carbocycles. The van der Waals surface area contributed by atoms with Gasteiger partial charge in [-0.15, -0.1) is 0 Å². The molecule has 0 radical (unpaired) electrons. The van der Waals surface area contributed by atoms with E-state index in [1.165, 1.54) is 0 Å². The van der Waals surface area contributed by atoms with Crippen molar-refractivity contribution in [2.75, 3.05) is 13.1 Å². The Morgan fingerprint density at radius 1 is 1.41 bits per heavy atom. The summed E-state index contributed by atoms with van der Waals surface area (Å²) in [5.41, 5.74) is 5.31. The quantitative estimate of drug-likeness (QED) is 0.867. The van der Waals surface area contributed by atoms with Crippen LogP contribution in [-0.4, -0.2) is 21.5 Å². The number of hydrogen-bond acceptors (Lipinski definition) is 3. The first-order chi connectivity index (χ1) is 7.77. The largest absolute Gasteiger partial charge is 0.330 e. The van der Waals surface area contributed by atoms with Crippen LogP contribution in [0.3, 0.4) is 0 Å². The minimum Gasteiger partial charge on any atom is -0.330 e. The third-order valence-electron chi connectivity index (χ3n) is 2.40. The summed E-state index contributed by atoms with van der Waals surface area (Å²) in [5, 5.41) is 0. The lowest BCUT2D eigenvalue weighted by atomic mass is 9.95. The third kappa shape index (κ3) is 4.39. The van der Waals surface area contributed by atoms with Crippen molar-refractivity contribution in [2.24, 2.45) is 11.1 Å². The van der Waals surface area contributed by atoms with Crippen LogP contribution in [0.15, 0.2) is 33.6 Å². The molecule has 0 aromatic heterocycles. The summed E-state index contributed by atoms with van der Waals surface area (Å²) in [5.74, 6) is 0. The molecule has 0 aliphatic heterocycles. The van der Waals surface area contributed by atoms with Crippen molar-refractivity contribution in [3.05, 3.63) is 28.7 Å². The van der Waals surface area contributed by atoms with E-state index in [1.54, 1.807) is 24.3 Å². The summed E-state index contributed by atoms with van der Waals surface area (Å²) in [4.78, 5) is 0.250. The molecule has 96 valence electrons. The number of nitrogens with one attached hydrogen (secondary N) is 1. The van der Waals surface area contributed by atoms with E-state index in [0.717, 1.165) is 4.47 Å². The first kappa shape index (κ1) is 14.6. The van der Waals surface area contributed by atoms with E-state index in [-0.39, 0.29) is 10.3 Å². The topological polar surface area (TPSA) is 72.2 Å². The Morgan fingerprint density at radius 3 is 2.59 bits per heavy atom. The Bertz CT molecular complexity index is 486. The molecule has 0 saturated heterocycles. The fourth-order valence-electron chi connectivity index (χ4n) is 1.08. The number of nitrogens with two attached hydrogens (primary N) is 1. The molecule has 0 spiro atoms. The van der Waals surface area contributed by atoms with Gasteiger partial charge >= 0.3 is 0 Å². The standard InChI is InChI=1S/C11H17BrN2O2S/c1-11(2,7-13)8-14-17(15,16)10-5-3-4-9(12)6-10/h3-6,14H,7-8,13H2,1-2H3. The Morgan fingerprint density at radius 2 is 2.06 bits per heavy atom. The summed E-state index contributed by atoms with van der Waals surface area (Å²) < 4.78 is 27.2. The second-order valence-corrected chi connectivity index (χ2v) is 7.33. The maximum Gasteiger partial charge on any atom is 0.240 e. The summed E-state index contributed by atoms with van der Waals surface area (Å²) in [6, 6.07) is 6.59. The van der Waals surface area contributed by atoms with Gasteiger partial charge in [-0.1, -0.05) is 35.8 Å². The van der Waals surface area contributed by atoms with Crippen LogP contribution in [0.2, 0.25) is 0 Å². The fraction of sp³-hybridized carbons (Fsp3) is 0.455. The van der Waals surface area contributed by atoms with Crippen molar-refractivity contribution in [1.29, 1.82) is 0 Å². The van der Waals surface area contributed by atoms with Gasteiger partial charge in [0.2, 0.25) is 10.0 Å². The highest BCUT2D eigenvalue weighted by Gasteiger charge is 2.20. The van der Waals surface area contributed by atoms with Crippen LogP contribution in [0.1, 0.15) is 13.8 Å². The summed E-state index contributed by atoms with van der Waals surface area (Å²) >= 11 is 3.25. The molecule has 0 aliphatic carbocycles. The van der Waals surface area contributed by atoms with Crippen molar-refractivity contribution in [2.45, 2.75) is 18.7 Å². The van der Waals surface area contributed by atoms with Crippen molar-refractivity contribution < 1.29 is 8.42 Å². The molecule has 0 saturated carbocycles. The van der Waals surface area contributed by atoms with E-state index >= 15 is 0 Å². The molecular formula is C11H17BrN2O2S. The Labute approximate surface area is 111 Å². The monoisotopic (exact) mass is 320 g/mol. The SMILES string of the molecule is CC(C)(CN)CNS(=O)(=O)c1cccc(Br)c1. The van der Waals surface area contributed by atoms with Crippen molar-refractivity contribution >= 4 is 26.0 Å². The average molecular weight is 321 g/mol. The van der Waals surface area contributed by atoms with Crippen LogP contribution in [0.5, 0.6) is 0 Å².